The molecule has 10 nitrogen and oxygen atoms in total. The molecule has 0 aliphatic carbocycles. The van der Waals surface area contributed by atoms with Gasteiger partial charge in [-0.05, 0) is 35.4 Å². The zero-order valence-corrected chi connectivity index (χ0v) is 23.7. The summed E-state index contributed by atoms with van der Waals surface area (Å²) < 4.78 is 18.7. The minimum atomic E-state index is -0.340. The number of hydrogen-bond acceptors (Lipinski definition) is 8. The Kier molecular flexibility index (Phi) is 7.61. The molecule has 214 valence electrons. The van der Waals surface area contributed by atoms with Crippen LogP contribution in [0.3, 0.4) is 0 Å². The van der Waals surface area contributed by atoms with E-state index in [0.29, 0.717) is 30.1 Å². The first-order valence-electron chi connectivity index (χ1n) is 13.6. The van der Waals surface area contributed by atoms with Crippen LogP contribution < -0.4 is 25.0 Å². The van der Waals surface area contributed by atoms with E-state index in [1.807, 2.05) is 85.9 Å². The number of nitrogens with one attached hydrogen (secondary N) is 2. The summed E-state index contributed by atoms with van der Waals surface area (Å²) in [6.07, 6.45) is 1.17. The van der Waals surface area contributed by atoms with Gasteiger partial charge in [0, 0.05) is 43.5 Å². The van der Waals surface area contributed by atoms with Crippen LogP contribution in [0.5, 0.6) is 11.5 Å². The molecular weight excluding hydrogens is 532 g/mol. The summed E-state index contributed by atoms with van der Waals surface area (Å²) in [5, 5.41) is 6.44. The van der Waals surface area contributed by atoms with Crippen molar-refractivity contribution in [2.24, 2.45) is 0 Å². The van der Waals surface area contributed by atoms with Crippen LogP contribution >= 0.6 is 0 Å². The quantitative estimate of drug-likeness (QED) is 0.273. The number of pyridine rings is 1. The molecule has 1 atom stereocenters. The highest BCUT2D eigenvalue weighted by molar-refractivity contribution is 5.95. The SMILES string of the molecule is COc1ccc(CN(C)c2cc3nc4c2ncn4C(=O)NC[C@@H](c2ccccc2)OCc2cccc(c2)N3)c(OC)c1. The Morgan fingerprint density at radius 2 is 1.88 bits per heavy atom. The van der Waals surface area contributed by atoms with Crippen molar-refractivity contribution >= 4 is 34.4 Å². The van der Waals surface area contributed by atoms with Crippen molar-refractivity contribution in [1.82, 2.24) is 19.9 Å². The molecular formula is C32H32N6O4. The average molecular weight is 565 g/mol. The molecule has 42 heavy (non-hydrogen) atoms. The summed E-state index contributed by atoms with van der Waals surface area (Å²) >= 11 is 0. The largest absolute Gasteiger partial charge is 0.497 e. The highest BCUT2D eigenvalue weighted by atomic mass is 16.5. The van der Waals surface area contributed by atoms with Crippen molar-refractivity contribution in [3.63, 3.8) is 0 Å². The van der Waals surface area contributed by atoms with Gasteiger partial charge in [-0.1, -0.05) is 42.5 Å². The molecule has 1 amide bonds. The van der Waals surface area contributed by atoms with E-state index in [4.69, 9.17) is 19.2 Å². The minimum Gasteiger partial charge on any atom is -0.497 e. The van der Waals surface area contributed by atoms with E-state index in [1.54, 1.807) is 14.2 Å². The summed E-state index contributed by atoms with van der Waals surface area (Å²) in [6.45, 7) is 1.19. The van der Waals surface area contributed by atoms with Gasteiger partial charge in [0.15, 0.2) is 5.65 Å². The third kappa shape index (κ3) is 5.57. The van der Waals surface area contributed by atoms with Gasteiger partial charge < -0.3 is 29.7 Å². The van der Waals surface area contributed by atoms with Gasteiger partial charge in [0.25, 0.3) is 0 Å². The number of ether oxygens (including phenoxy) is 3. The molecule has 2 N–H and O–H groups in total. The van der Waals surface area contributed by atoms with Gasteiger partial charge in [0.05, 0.1) is 26.5 Å². The van der Waals surface area contributed by atoms with E-state index < -0.39 is 0 Å². The second kappa shape index (κ2) is 11.8. The van der Waals surface area contributed by atoms with Crippen LogP contribution in [0.2, 0.25) is 0 Å². The normalized spacial score (nSPS) is 15.0. The molecule has 0 unspecified atom stereocenters. The maximum atomic E-state index is 13.5. The maximum absolute atomic E-state index is 13.5. The number of anilines is 3. The van der Waals surface area contributed by atoms with E-state index in [-0.39, 0.29) is 18.7 Å². The first-order valence-corrected chi connectivity index (χ1v) is 13.6. The fourth-order valence-electron chi connectivity index (χ4n) is 5.09. The number of carbonyl (C=O) groups excluding carboxylic acids is 1. The van der Waals surface area contributed by atoms with Crippen LogP contribution in [0, 0.1) is 0 Å². The average Bonchev–Trinajstić information content (AvgIpc) is 3.45. The summed E-state index contributed by atoms with van der Waals surface area (Å²) in [4.78, 5) is 25.0. The highest BCUT2D eigenvalue weighted by Gasteiger charge is 2.21. The highest BCUT2D eigenvalue weighted by Crippen LogP contribution is 2.32. The predicted octanol–water partition coefficient (Wildman–Crippen LogP) is 5.66. The molecule has 0 radical (unpaired) electrons. The molecule has 6 rings (SSSR count). The lowest BCUT2D eigenvalue weighted by Gasteiger charge is -2.23. The van der Waals surface area contributed by atoms with E-state index >= 15 is 0 Å². The number of imidazole rings is 1. The zero-order chi connectivity index (χ0) is 29.1. The second-order valence-corrected chi connectivity index (χ2v) is 10.1. The van der Waals surface area contributed by atoms with Crippen molar-refractivity contribution in [2.45, 2.75) is 19.3 Å². The molecule has 1 aliphatic heterocycles. The summed E-state index contributed by atoms with van der Waals surface area (Å²) in [5.41, 5.74) is 5.65. The molecule has 3 aromatic carbocycles. The zero-order valence-electron chi connectivity index (χ0n) is 23.7. The van der Waals surface area contributed by atoms with Crippen molar-refractivity contribution in [3.05, 3.63) is 102 Å². The third-order valence-corrected chi connectivity index (χ3v) is 7.28. The molecule has 1 aliphatic rings. The number of aromatic nitrogens is 3. The number of amides is 1. The first-order chi connectivity index (χ1) is 20.5. The molecule has 0 saturated carbocycles. The van der Waals surface area contributed by atoms with Gasteiger partial charge in [0.1, 0.15) is 35.3 Å². The second-order valence-electron chi connectivity index (χ2n) is 10.1. The van der Waals surface area contributed by atoms with Crippen molar-refractivity contribution in [2.75, 3.05) is 38.0 Å². The van der Waals surface area contributed by atoms with Crippen molar-refractivity contribution in [3.8, 4) is 11.5 Å². The number of methoxy groups -OCH3 is 2. The molecule has 2 aromatic heterocycles. The number of nitrogens with zero attached hydrogens (tertiary/aromatic N) is 4. The molecule has 10 heteroatoms. The Labute approximate surface area is 243 Å². The lowest BCUT2D eigenvalue weighted by atomic mass is 10.1. The van der Waals surface area contributed by atoms with Crippen LogP contribution in [0.1, 0.15) is 22.8 Å². The van der Waals surface area contributed by atoms with Gasteiger partial charge in [-0.15, -0.1) is 0 Å². The Hall–Kier alpha value is -5.09. The fraction of sp³-hybridized carbons (Fsp3) is 0.219. The van der Waals surface area contributed by atoms with Gasteiger partial charge in [-0.3, -0.25) is 0 Å². The Morgan fingerprint density at radius 3 is 2.69 bits per heavy atom. The molecule has 5 aromatic rings. The molecule has 0 fully saturated rings. The van der Waals surface area contributed by atoms with Crippen molar-refractivity contribution < 1.29 is 19.0 Å². The van der Waals surface area contributed by atoms with Crippen LogP contribution in [-0.4, -0.2) is 48.4 Å². The number of fused-ring (bicyclic) bond motifs is 3. The Bertz CT molecular complexity index is 1720. The van der Waals surface area contributed by atoms with Crippen LogP contribution in [0.4, 0.5) is 22.0 Å². The Morgan fingerprint density at radius 1 is 1.02 bits per heavy atom. The van der Waals surface area contributed by atoms with E-state index in [1.165, 1.54) is 10.9 Å². The minimum absolute atomic E-state index is 0.282. The molecule has 0 saturated heterocycles. The van der Waals surface area contributed by atoms with Crippen molar-refractivity contribution in [1.29, 1.82) is 0 Å². The number of rotatable bonds is 6. The summed E-state index contributed by atoms with van der Waals surface area (Å²) in [7, 11) is 5.24. The molecule has 4 bridgehead atoms. The monoisotopic (exact) mass is 564 g/mol. The lowest BCUT2D eigenvalue weighted by molar-refractivity contribution is 0.0414. The smallest absolute Gasteiger partial charge is 0.328 e. The third-order valence-electron chi connectivity index (χ3n) is 7.28. The van der Waals surface area contributed by atoms with E-state index in [0.717, 1.165) is 39.6 Å². The topological polar surface area (TPSA) is 103 Å². The fourth-order valence-corrected chi connectivity index (χ4v) is 5.09. The van der Waals surface area contributed by atoms with Crippen LogP contribution in [-0.2, 0) is 17.9 Å². The molecule has 0 spiro atoms. The lowest BCUT2D eigenvalue weighted by Crippen LogP contribution is -2.33. The Balaban J connectivity index is 1.40. The first kappa shape index (κ1) is 27.1. The van der Waals surface area contributed by atoms with E-state index in [9.17, 15) is 4.79 Å². The number of benzene rings is 3. The van der Waals surface area contributed by atoms with E-state index in [2.05, 4.69) is 20.5 Å². The predicted molar refractivity (Wildman–Crippen MR) is 162 cm³/mol. The van der Waals surface area contributed by atoms with Gasteiger partial charge >= 0.3 is 6.03 Å². The molecule has 3 heterocycles. The van der Waals surface area contributed by atoms with Gasteiger partial charge in [-0.2, -0.15) is 0 Å². The number of hydrogen-bond donors (Lipinski definition) is 2. The van der Waals surface area contributed by atoms with Gasteiger partial charge in [-0.25, -0.2) is 19.3 Å². The summed E-state index contributed by atoms with van der Waals surface area (Å²) in [5.74, 6) is 2.02. The number of carbonyl (C=O) groups is 1. The van der Waals surface area contributed by atoms with Crippen LogP contribution in [0.25, 0.3) is 11.2 Å². The standard InChI is InChI=1S/C32H32N6O4/c1-37(18-23-12-13-25(40-2)15-27(23)41-3)26-16-29-35-24-11-7-8-21(14-24)19-42-28(22-9-5-4-6-10-22)17-33-32(39)38-20-34-30(26)31(38)36-29/h4-16,20,28H,17-19H2,1-3H3,(H,33,39)(H,35,36)/t28-/m0/s1. The van der Waals surface area contributed by atoms with Crippen LogP contribution in [0.15, 0.2) is 85.2 Å². The summed E-state index contributed by atoms with van der Waals surface area (Å²) in [6, 6.07) is 25.3. The van der Waals surface area contributed by atoms with Gasteiger partial charge in [0.2, 0.25) is 0 Å². The maximum Gasteiger partial charge on any atom is 0.328 e.